The Kier molecular flexibility index (Phi) is 7.23. The predicted octanol–water partition coefficient (Wildman–Crippen LogP) is 4.42. The Hall–Kier alpha value is -1.59. The first kappa shape index (κ1) is 20.5. The summed E-state index contributed by atoms with van der Waals surface area (Å²) in [5, 5.41) is 3.54. The van der Waals surface area contributed by atoms with Gasteiger partial charge in [-0.15, -0.1) is 0 Å². The summed E-state index contributed by atoms with van der Waals surface area (Å²) in [5.41, 5.74) is 1.89. The van der Waals surface area contributed by atoms with Gasteiger partial charge in [-0.2, -0.15) is 0 Å². The van der Waals surface area contributed by atoms with Gasteiger partial charge in [0.15, 0.2) is 8.32 Å². The number of benzene rings is 1. The number of esters is 1. The van der Waals surface area contributed by atoms with Crippen LogP contribution >= 0.6 is 0 Å². The summed E-state index contributed by atoms with van der Waals surface area (Å²) in [6.45, 7) is 13.6. The lowest BCUT2D eigenvalue weighted by Crippen LogP contribution is -2.43. The van der Waals surface area contributed by atoms with Crippen LogP contribution < -0.4 is 5.32 Å². The Morgan fingerprint density at radius 1 is 1.25 bits per heavy atom. The van der Waals surface area contributed by atoms with Gasteiger partial charge in [-0.05, 0) is 30.6 Å². The summed E-state index contributed by atoms with van der Waals surface area (Å²) in [5.74, 6) is -0.364. The van der Waals surface area contributed by atoms with Gasteiger partial charge in [-0.1, -0.05) is 51.1 Å². The van der Waals surface area contributed by atoms with Crippen LogP contribution in [0.3, 0.4) is 0 Å². The fraction of sp³-hybridized carbons (Fsp3) is 0.526. The number of allylic oxidation sites excluding steroid dienone is 1. The Bertz CT molecular complexity index is 562. The first-order chi connectivity index (χ1) is 11.1. The van der Waals surface area contributed by atoms with Crippen molar-refractivity contribution >= 4 is 14.3 Å². The van der Waals surface area contributed by atoms with E-state index in [0.717, 1.165) is 11.3 Å². The maximum absolute atomic E-state index is 11.4. The molecule has 5 heteroatoms. The number of nitrogens with one attached hydrogen (secondary N) is 1. The maximum Gasteiger partial charge on any atom is 0.332 e. The molecule has 0 aliphatic carbocycles. The number of methoxy groups -OCH3 is 1. The minimum absolute atomic E-state index is 0.0127. The van der Waals surface area contributed by atoms with Gasteiger partial charge < -0.3 is 14.5 Å². The molecule has 0 aliphatic rings. The number of hydrogen-bond acceptors (Lipinski definition) is 4. The summed E-state index contributed by atoms with van der Waals surface area (Å²) in [6.07, 6.45) is 1.46. The van der Waals surface area contributed by atoms with Crippen molar-refractivity contribution in [1.82, 2.24) is 5.32 Å². The summed E-state index contributed by atoms with van der Waals surface area (Å²) in [7, 11) is -0.465. The van der Waals surface area contributed by atoms with Gasteiger partial charge in [0.1, 0.15) is 0 Å². The second-order valence-electron chi connectivity index (χ2n) is 7.53. The van der Waals surface area contributed by atoms with E-state index < -0.39 is 8.32 Å². The van der Waals surface area contributed by atoms with Crippen LogP contribution in [0, 0.1) is 0 Å². The average Bonchev–Trinajstić information content (AvgIpc) is 2.51. The number of ether oxygens (including phenoxy) is 1. The largest absolute Gasteiger partial charge is 0.466 e. The summed E-state index contributed by atoms with van der Waals surface area (Å²) < 4.78 is 11.1. The minimum atomic E-state index is -1.84. The fourth-order valence-electron chi connectivity index (χ4n) is 1.97. The highest BCUT2D eigenvalue weighted by atomic mass is 28.4. The van der Waals surface area contributed by atoms with E-state index in [1.54, 1.807) is 0 Å². The molecule has 0 radical (unpaired) electrons. The van der Waals surface area contributed by atoms with Crippen LogP contribution in [0.15, 0.2) is 42.1 Å². The summed E-state index contributed by atoms with van der Waals surface area (Å²) in [4.78, 5) is 11.4. The van der Waals surface area contributed by atoms with Gasteiger partial charge in [-0.3, -0.25) is 0 Å². The molecule has 4 nitrogen and oxygen atoms in total. The minimum Gasteiger partial charge on any atom is -0.466 e. The second-order valence-corrected chi connectivity index (χ2v) is 12.3. The van der Waals surface area contributed by atoms with Crippen LogP contribution in [0.25, 0.3) is 0 Å². The van der Waals surface area contributed by atoms with E-state index in [-0.39, 0.29) is 17.0 Å². The number of carbonyl (C=O) groups excluding carboxylic acids is 1. The van der Waals surface area contributed by atoms with Crippen molar-refractivity contribution in [2.24, 2.45) is 0 Å². The van der Waals surface area contributed by atoms with E-state index in [9.17, 15) is 4.79 Å². The number of hydrogen-bond donors (Lipinski definition) is 1. The molecule has 1 N–H and O–H groups in total. The lowest BCUT2D eigenvalue weighted by atomic mass is 10.1. The molecule has 0 bridgehead atoms. The molecule has 0 fully saturated rings. The van der Waals surface area contributed by atoms with E-state index in [0.29, 0.717) is 6.61 Å². The topological polar surface area (TPSA) is 47.6 Å². The van der Waals surface area contributed by atoms with Crippen molar-refractivity contribution in [2.45, 2.75) is 51.9 Å². The van der Waals surface area contributed by atoms with Crippen LogP contribution in [0.2, 0.25) is 18.1 Å². The molecule has 0 spiro atoms. The molecule has 1 aromatic carbocycles. The van der Waals surface area contributed by atoms with E-state index in [1.807, 2.05) is 25.1 Å². The van der Waals surface area contributed by atoms with Crippen molar-refractivity contribution in [3.8, 4) is 0 Å². The molecule has 134 valence electrons. The van der Waals surface area contributed by atoms with Gasteiger partial charge in [0.05, 0.1) is 19.8 Å². The van der Waals surface area contributed by atoms with E-state index >= 15 is 0 Å². The third-order valence-corrected chi connectivity index (χ3v) is 9.06. The summed E-state index contributed by atoms with van der Waals surface area (Å²) in [6, 6.07) is 10.1. The molecule has 24 heavy (non-hydrogen) atoms. The molecule has 0 unspecified atom stereocenters. The molecule has 0 aromatic heterocycles. The smallest absolute Gasteiger partial charge is 0.332 e. The molecule has 0 saturated heterocycles. The van der Waals surface area contributed by atoms with Crippen LogP contribution in [-0.2, 0) is 14.0 Å². The van der Waals surface area contributed by atoms with Gasteiger partial charge in [-0.25, -0.2) is 4.79 Å². The second kappa shape index (κ2) is 8.49. The highest BCUT2D eigenvalue weighted by Crippen LogP contribution is 2.37. The molecule has 0 aliphatic heterocycles. The predicted molar refractivity (Wildman–Crippen MR) is 101 cm³/mol. The summed E-state index contributed by atoms with van der Waals surface area (Å²) >= 11 is 0. The maximum atomic E-state index is 11.4. The van der Waals surface area contributed by atoms with Crippen LogP contribution in [0.1, 0.15) is 39.3 Å². The van der Waals surface area contributed by atoms with Crippen molar-refractivity contribution in [3.63, 3.8) is 0 Å². The van der Waals surface area contributed by atoms with Gasteiger partial charge >= 0.3 is 5.97 Å². The Labute approximate surface area is 147 Å². The van der Waals surface area contributed by atoms with Crippen molar-refractivity contribution < 1.29 is 14.0 Å². The quantitative estimate of drug-likeness (QED) is 0.450. The monoisotopic (exact) mass is 349 g/mol. The molecular weight excluding hydrogens is 318 g/mol. The van der Waals surface area contributed by atoms with Gasteiger partial charge in [0.2, 0.25) is 0 Å². The molecule has 1 rings (SSSR count). The number of carbonyl (C=O) groups is 1. The van der Waals surface area contributed by atoms with Crippen LogP contribution in [0.4, 0.5) is 0 Å². The normalized spacial score (nSPS) is 14.2. The molecule has 0 amide bonds. The molecule has 0 saturated carbocycles. The fourth-order valence-corrected chi connectivity index (χ4v) is 2.98. The Morgan fingerprint density at radius 2 is 1.83 bits per heavy atom. The zero-order valence-corrected chi connectivity index (χ0v) is 17.0. The van der Waals surface area contributed by atoms with Crippen molar-refractivity contribution in [3.05, 3.63) is 47.7 Å². The van der Waals surface area contributed by atoms with Crippen LogP contribution in [-0.4, -0.2) is 28.0 Å². The Balaban J connectivity index is 2.92. The third kappa shape index (κ3) is 6.13. The van der Waals surface area contributed by atoms with Gasteiger partial charge in [0.25, 0.3) is 0 Å². The SMILES string of the molecule is COC(=O)/C=C(/C)N[C@H](CO[Si](C)(C)C(C)(C)C)c1ccccc1. The van der Waals surface area contributed by atoms with Crippen LogP contribution in [0.5, 0.6) is 0 Å². The molecule has 1 atom stereocenters. The van der Waals surface area contributed by atoms with Gasteiger partial charge in [0, 0.05) is 11.8 Å². The zero-order valence-electron chi connectivity index (χ0n) is 16.0. The highest BCUT2D eigenvalue weighted by molar-refractivity contribution is 6.74. The first-order valence-corrected chi connectivity index (χ1v) is 11.2. The zero-order chi connectivity index (χ0) is 18.4. The molecule has 0 heterocycles. The number of rotatable bonds is 7. The highest BCUT2D eigenvalue weighted by Gasteiger charge is 2.37. The van der Waals surface area contributed by atoms with E-state index in [2.05, 4.69) is 56.1 Å². The third-order valence-electron chi connectivity index (χ3n) is 4.56. The first-order valence-electron chi connectivity index (χ1n) is 8.28. The van der Waals surface area contributed by atoms with Crippen molar-refractivity contribution in [2.75, 3.05) is 13.7 Å². The molecular formula is C19H31NO3Si. The Morgan fingerprint density at radius 3 is 2.33 bits per heavy atom. The standard InChI is InChI=1S/C19H31NO3Si/c1-15(13-18(21)22-5)20-17(16-11-9-8-10-12-16)14-23-24(6,7)19(2,3)4/h8-13,17,20H,14H2,1-7H3/b15-13-/t17-/m1/s1. The lowest BCUT2D eigenvalue weighted by molar-refractivity contribution is -0.134. The van der Waals surface area contributed by atoms with E-state index in [1.165, 1.54) is 13.2 Å². The molecule has 1 aromatic rings. The lowest BCUT2D eigenvalue weighted by Gasteiger charge is -2.37. The van der Waals surface area contributed by atoms with Crippen molar-refractivity contribution in [1.29, 1.82) is 0 Å². The van der Waals surface area contributed by atoms with E-state index in [4.69, 9.17) is 4.43 Å². The average molecular weight is 350 g/mol.